The molecule has 0 bridgehead atoms. The van der Waals surface area contributed by atoms with Gasteiger partial charge in [0.25, 0.3) is 0 Å². The van der Waals surface area contributed by atoms with Crippen LogP contribution < -0.4 is 4.74 Å². The maximum absolute atomic E-state index is 5.74. The van der Waals surface area contributed by atoms with Crippen LogP contribution in [-0.4, -0.2) is 21.1 Å². The quantitative estimate of drug-likeness (QED) is 0.419. The Morgan fingerprint density at radius 1 is 1.00 bits per heavy atom. The summed E-state index contributed by atoms with van der Waals surface area (Å²) in [5.74, 6) is 1.38. The molecule has 0 atom stereocenters. The van der Waals surface area contributed by atoms with E-state index in [0.717, 1.165) is 16.7 Å². The van der Waals surface area contributed by atoms with Crippen molar-refractivity contribution in [3.05, 3.63) is 89.0 Å². The van der Waals surface area contributed by atoms with E-state index in [-0.39, 0.29) is 6.61 Å². The van der Waals surface area contributed by atoms with Crippen molar-refractivity contribution in [1.82, 2.24) is 14.9 Å². The molecule has 0 aliphatic heterocycles. The zero-order valence-corrected chi connectivity index (χ0v) is 14.7. The molecule has 0 unspecified atom stereocenters. The van der Waals surface area contributed by atoms with Gasteiger partial charge in [-0.2, -0.15) is 14.9 Å². The molecule has 0 aliphatic carbocycles. The number of nitrogens with one attached hydrogen (secondary N) is 1. The van der Waals surface area contributed by atoms with Gasteiger partial charge in [0.05, 0.1) is 6.21 Å². The van der Waals surface area contributed by atoms with Gasteiger partial charge in [-0.05, 0) is 35.1 Å². The highest BCUT2D eigenvalue weighted by Crippen LogP contribution is 2.17. The van der Waals surface area contributed by atoms with E-state index in [0.29, 0.717) is 10.6 Å². The zero-order valence-electron chi connectivity index (χ0n) is 13.9. The van der Waals surface area contributed by atoms with Gasteiger partial charge < -0.3 is 4.74 Å². The predicted octanol–water partition coefficient (Wildman–Crippen LogP) is 4.56. The lowest BCUT2D eigenvalue weighted by molar-refractivity contribution is 0.290. The Hall–Kier alpha value is -3.25. The summed E-state index contributed by atoms with van der Waals surface area (Å²) in [7, 11) is 0. The SMILES string of the molecule is S=c1[nH]nc(COc2ccccc2)n1/N=C/c1cccc2ccccc12. The Balaban J connectivity index is 1.61. The Bertz CT molecular complexity index is 1110. The minimum Gasteiger partial charge on any atom is -0.486 e. The number of aromatic amines is 1. The summed E-state index contributed by atoms with van der Waals surface area (Å²) in [6, 6.07) is 23.9. The monoisotopic (exact) mass is 360 g/mol. The van der Waals surface area contributed by atoms with Crippen LogP contribution >= 0.6 is 12.2 Å². The van der Waals surface area contributed by atoms with Crippen molar-refractivity contribution in [1.29, 1.82) is 0 Å². The molecule has 0 fully saturated rings. The van der Waals surface area contributed by atoms with Crippen LogP contribution in [0.1, 0.15) is 11.4 Å². The highest BCUT2D eigenvalue weighted by atomic mass is 32.1. The Morgan fingerprint density at radius 3 is 2.65 bits per heavy atom. The zero-order chi connectivity index (χ0) is 17.8. The third-order valence-electron chi connectivity index (χ3n) is 3.96. The van der Waals surface area contributed by atoms with Crippen LogP contribution in [0.2, 0.25) is 0 Å². The third kappa shape index (κ3) is 3.41. The molecule has 6 heteroatoms. The van der Waals surface area contributed by atoms with Gasteiger partial charge in [0.2, 0.25) is 4.77 Å². The molecule has 0 saturated heterocycles. The molecule has 4 rings (SSSR count). The first-order valence-corrected chi connectivity index (χ1v) is 8.58. The lowest BCUT2D eigenvalue weighted by atomic mass is 10.1. The smallest absolute Gasteiger partial charge is 0.216 e. The van der Waals surface area contributed by atoms with Crippen LogP contribution in [-0.2, 0) is 6.61 Å². The molecule has 0 amide bonds. The van der Waals surface area contributed by atoms with Crippen LogP contribution in [0.25, 0.3) is 10.8 Å². The molecule has 1 aromatic heterocycles. The molecule has 0 aliphatic rings. The molecule has 0 saturated carbocycles. The van der Waals surface area contributed by atoms with Crippen LogP contribution in [0.5, 0.6) is 5.75 Å². The fourth-order valence-corrected chi connectivity index (χ4v) is 2.88. The fraction of sp³-hybridized carbons (Fsp3) is 0.0500. The number of fused-ring (bicyclic) bond motifs is 1. The number of benzene rings is 3. The first-order chi connectivity index (χ1) is 12.8. The van der Waals surface area contributed by atoms with Gasteiger partial charge in [0.1, 0.15) is 12.4 Å². The minimum atomic E-state index is 0.268. The average molecular weight is 360 g/mol. The molecule has 4 aromatic rings. The minimum absolute atomic E-state index is 0.268. The van der Waals surface area contributed by atoms with E-state index in [9.17, 15) is 0 Å². The van der Waals surface area contributed by atoms with E-state index >= 15 is 0 Å². The largest absolute Gasteiger partial charge is 0.486 e. The number of hydrogen-bond donors (Lipinski definition) is 1. The summed E-state index contributed by atoms with van der Waals surface area (Å²) in [4.78, 5) is 0. The molecule has 128 valence electrons. The normalized spacial score (nSPS) is 11.2. The Labute approximate surface area is 155 Å². The van der Waals surface area contributed by atoms with Crippen molar-refractivity contribution >= 4 is 29.2 Å². The summed E-state index contributed by atoms with van der Waals surface area (Å²) in [5.41, 5.74) is 1.01. The van der Waals surface area contributed by atoms with Crippen LogP contribution in [0.15, 0.2) is 77.9 Å². The lowest BCUT2D eigenvalue weighted by Crippen LogP contribution is -2.04. The Morgan fingerprint density at radius 2 is 1.77 bits per heavy atom. The summed E-state index contributed by atoms with van der Waals surface area (Å²) < 4.78 is 7.75. The van der Waals surface area contributed by atoms with Gasteiger partial charge in [-0.1, -0.05) is 60.7 Å². The van der Waals surface area contributed by atoms with Crippen molar-refractivity contribution < 1.29 is 4.74 Å². The molecule has 3 aromatic carbocycles. The van der Waals surface area contributed by atoms with Crippen LogP contribution in [0.3, 0.4) is 0 Å². The lowest BCUT2D eigenvalue weighted by Gasteiger charge is -2.05. The van der Waals surface area contributed by atoms with Crippen molar-refractivity contribution in [2.45, 2.75) is 6.61 Å². The van der Waals surface area contributed by atoms with Gasteiger partial charge in [-0.3, -0.25) is 0 Å². The standard InChI is InChI=1S/C20H16N4OS/c26-20-23-22-19(14-25-17-10-2-1-3-11-17)24(20)21-13-16-9-6-8-15-7-4-5-12-18(15)16/h1-13H,14H2,(H,23,26)/b21-13+. The van der Waals surface area contributed by atoms with E-state index in [1.807, 2.05) is 54.6 Å². The second-order valence-corrected chi connectivity index (χ2v) is 6.06. The van der Waals surface area contributed by atoms with Gasteiger partial charge in [0, 0.05) is 5.56 Å². The summed E-state index contributed by atoms with van der Waals surface area (Å²) in [6.07, 6.45) is 1.79. The maximum atomic E-state index is 5.74. The van der Waals surface area contributed by atoms with E-state index in [1.165, 1.54) is 5.39 Å². The average Bonchev–Trinajstić information content (AvgIpc) is 3.05. The topological polar surface area (TPSA) is 55.2 Å². The third-order valence-corrected chi connectivity index (χ3v) is 4.23. The molecule has 1 heterocycles. The van der Waals surface area contributed by atoms with Gasteiger partial charge in [-0.25, -0.2) is 5.10 Å². The molecule has 0 spiro atoms. The number of ether oxygens (including phenoxy) is 1. The second kappa shape index (κ2) is 7.33. The van der Waals surface area contributed by atoms with Gasteiger partial charge >= 0.3 is 0 Å². The first-order valence-electron chi connectivity index (χ1n) is 8.17. The van der Waals surface area contributed by atoms with Gasteiger partial charge in [-0.15, -0.1) is 0 Å². The predicted molar refractivity (Wildman–Crippen MR) is 105 cm³/mol. The first kappa shape index (κ1) is 16.2. The second-order valence-electron chi connectivity index (χ2n) is 5.67. The molecule has 26 heavy (non-hydrogen) atoms. The number of aromatic nitrogens is 3. The van der Waals surface area contributed by atoms with Crippen molar-refractivity contribution in [2.75, 3.05) is 0 Å². The van der Waals surface area contributed by atoms with E-state index in [4.69, 9.17) is 17.0 Å². The molecule has 1 N–H and O–H groups in total. The highest BCUT2D eigenvalue weighted by Gasteiger charge is 2.06. The summed E-state index contributed by atoms with van der Waals surface area (Å²) in [6.45, 7) is 0.268. The molecule has 0 radical (unpaired) electrons. The summed E-state index contributed by atoms with van der Waals surface area (Å²) >= 11 is 5.29. The number of hydrogen-bond acceptors (Lipinski definition) is 4. The fourth-order valence-electron chi connectivity index (χ4n) is 2.68. The number of rotatable bonds is 5. The number of H-pyrrole nitrogens is 1. The van der Waals surface area contributed by atoms with E-state index in [1.54, 1.807) is 10.9 Å². The van der Waals surface area contributed by atoms with Gasteiger partial charge in [0.15, 0.2) is 5.82 Å². The van der Waals surface area contributed by atoms with Crippen molar-refractivity contribution in [2.24, 2.45) is 5.10 Å². The molecular formula is C20H16N4OS. The molecular weight excluding hydrogens is 344 g/mol. The maximum Gasteiger partial charge on any atom is 0.216 e. The van der Waals surface area contributed by atoms with Crippen LogP contribution in [0.4, 0.5) is 0 Å². The van der Waals surface area contributed by atoms with E-state index in [2.05, 4.69) is 33.5 Å². The molecule has 5 nitrogen and oxygen atoms in total. The van der Waals surface area contributed by atoms with E-state index < -0.39 is 0 Å². The van der Waals surface area contributed by atoms with Crippen molar-refractivity contribution in [3.8, 4) is 5.75 Å². The Kier molecular flexibility index (Phi) is 4.57. The number of nitrogens with zero attached hydrogens (tertiary/aromatic N) is 3. The van der Waals surface area contributed by atoms with Crippen LogP contribution in [0, 0.1) is 4.77 Å². The number of para-hydroxylation sites is 1. The highest BCUT2D eigenvalue weighted by molar-refractivity contribution is 7.71. The summed E-state index contributed by atoms with van der Waals surface area (Å²) in [5, 5.41) is 13.8. The van der Waals surface area contributed by atoms with Crippen molar-refractivity contribution in [3.63, 3.8) is 0 Å².